The highest BCUT2D eigenvalue weighted by Crippen LogP contribution is 2.18. The van der Waals surface area contributed by atoms with Gasteiger partial charge in [-0.15, -0.1) is 11.3 Å². The van der Waals surface area contributed by atoms with E-state index in [-0.39, 0.29) is 5.91 Å². The Bertz CT molecular complexity index is 732. The Labute approximate surface area is 112 Å². The summed E-state index contributed by atoms with van der Waals surface area (Å²) < 4.78 is 0. The van der Waals surface area contributed by atoms with Crippen molar-refractivity contribution in [3.63, 3.8) is 0 Å². The third-order valence-electron chi connectivity index (χ3n) is 2.66. The summed E-state index contributed by atoms with van der Waals surface area (Å²) in [6.45, 7) is 0.346. The van der Waals surface area contributed by atoms with Crippen LogP contribution >= 0.6 is 11.3 Å². The number of aromatic amines is 1. The summed E-state index contributed by atoms with van der Waals surface area (Å²) in [5.41, 5.74) is 7.50. The molecule has 0 aliphatic heterocycles. The molecule has 0 saturated heterocycles. The molecular weight excluding hydrogens is 262 g/mol. The van der Waals surface area contributed by atoms with E-state index in [1.165, 1.54) is 11.3 Å². The molecule has 0 spiro atoms. The van der Waals surface area contributed by atoms with Crippen molar-refractivity contribution in [2.24, 2.45) is 5.73 Å². The van der Waals surface area contributed by atoms with E-state index in [0.717, 1.165) is 15.9 Å². The minimum atomic E-state index is -0.237. The first kappa shape index (κ1) is 11.8. The molecule has 3 aromatic rings. The first-order valence-corrected chi connectivity index (χ1v) is 6.53. The zero-order valence-corrected chi connectivity index (χ0v) is 10.7. The largest absolute Gasteiger partial charge is 0.325 e. The van der Waals surface area contributed by atoms with Crippen LogP contribution in [0.4, 0.5) is 5.69 Å². The van der Waals surface area contributed by atoms with Crippen LogP contribution < -0.4 is 11.1 Å². The molecule has 1 aromatic carbocycles. The fraction of sp³-hybridized carbons (Fsp3) is 0.0833. The molecule has 0 aliphatic rings. The fourth-order valence-electron chi connectivity index (χ4n) is 1.72. The molecule has 7 heteroatoms. The number of H-pyrrole nitrogens is 1. The first-order valence-electron chi connectivity index (χ1n) is 5.65. The predicted octanol–water partition coefficient (Wildman–Crippen LogP) is 1.73. The lowest BCUT2D eigenvalue weighted by molar-refractivity contribution is 0.102. The standard InChI is InChI=1S/C12H11N5OS/c13-4-11-16-10(6-19-11)12(18)15-8-1-2-9-7(3-8)5-14-17-9/h1-3,5-6H,4,13H2,(H,14,17)(H,15,18). The van der Waals surface area contributed by atoms with Gasteiger partial charge in [-0.2, -0.15) is 5.10 Å². The third kappa shape index (κ3) is 2.33. The maximum Gasteiger partial charge on any atom is 0.275 e. The molecule has 0 radical (unpaired) electrons. The van der Waals surface area contributed by atoms with Crippen LogP contribution in [0, 0.1) is 0 Å². The molecule has 0 fully saturated rings. The molecule has 2 heterocycles. The molecule has 0 unspecified atom stereocenters. The topological polar surface area (TPSA) is 96.7 Å². The summed E-state index contributed by atoms with van der Waals surface area (Å²) in [5, 5.41) is 13.0. The molecule has 0 bridgehead atoms. The Hall–Kier alpha value is -2.25. The summed E-state index contributed by atoms with van der Waals surface area (Å²) in [5.74, 6) is -0.237. The number of hydrogen-bond donors (Lipinski definition) is 3. The Kier molecular flexibility index (Phi) is 2.98. The maximum atomic E-state index is 12.0. The number of benzene rings is 1. The lowest BCUT2D eigenvalue weighted by Crippen LogP contribution is -2.12. The first-order chi connectivity index (χ1) is 9.26. The number of nitrogens with zero attached hydrogens (tertiary/aromatic N) is 2. The SMILES string of the molecule is NCc1nc(C(=O)Nc2ccc3[nH]ncc3c2)cs1. The zero-order chi connectivity index (χ0) is 13.2. The summed E-state index contributed by atoms with van der Waals surface area (Å²) >= 11 is 1.38. The van der Waals surface area contributed by atoms with Gasteiger partial charge in [0, 0.05) is 23.0 Å². The molecule has 96 valence electrons. The number of nitrogens with one attached hydrogen (secondary N) is 2. The van der Waals surface area contributed by atoms with Crippen molar-refractivity contribution < 1.29 is 4.79 Å². The van der Waals surface area contributed by atoms with Gasteiger partial charge in [-0.3, -0.25) is 9.89 Å². The molecule has 4 N–H and O–H groups in total. The van der Waals surface area contributed by atoms with Gasteiger partial charge >= 0.3 is 0 Å². The molecule has 1 amide bonds. The van der Waals surface area contributed by atoms with E-state index in [2.05, 4.69) is 20.5 Å². The number of aromatic nitrogens is 3. The highest BCUT2D eigenvalue weighted by molar-refractivity contribution is 7.09. The van der Waals surface area contributed by atoms with Crippen molar-refractivity contribution in [3.8, 4) is 0 Å². The van der Waals surface area contributed by atoms with Gasteiger partial charge in [0.05, 0.1) is 11.7 Å². The second-order valence-electron chi connectivity index (χ2n) is 3.96. The Morgan fingerprint density at radius 1 is 1.47 bits per heavy atom. The highest BCUT2D eigenvalue weighted by atomic mass is 32.1. The molecule has 3 rings (SSSR count). The lowest BCUT2D eigenvalue weighted by Gasteiger charge is -2.02. The second-order valence-corrected chi connectivity index (χ2v) is 4.90. The normalized spacial score (nSPS) is 10.8. The third-order valence-corrected chi connectivity index (χ3v) is 3.53. The number of thiazole rings is 1. The number of rotatable bonds is 3. The highest BCUT2D eigenvalue weighted by Gasteiger charge is 2.10. The van der Waals surface area contributed by atoms with Crippen LogP contribution in [0.15, 0.2) is 29.8 Å². The van der Waals surface area contributed by atoms with Crippen LogP contribution in [-0.4, -0.2) is 21.1 Å². The Balaban J connectivity index is 1.81. The molecule has 0 saturated carbocycles. The van der Waals surface area contributed by atoms with E-state index in [4.69, 9.17) is 5.73 Å². The number of anilines is 1. The van der Waals surface area contributed by atoms with Crippen molar-refractivity contribution in [3.05, 3.63) is 40.5 Å². The minimum absolute atomic E-state index is 0.237. The van der Waals surface area contributed by atoms with E-state index >= 15 is 0 Å². The number of fused-ring (bicyclic) bond motifs is 1. The van der Waals surface area contributed by atoms with E-state index < -0.39 is 0 Å². The quantitative estimate of drug-likeness (QED) is 0.677. The monoisotopic (exact) mass is 273 g/mol. The van der Waals surface area contributed by atoms with Gasteiger partial charge < -0.3 is 11.1 Å². The predicted molar refractivity (Wildman–Crippen MR) is 74.1 cm³/mol. The molecule has 0 aliphatic carbocycles. The Morgan fingerprint density at radius 3 is 3.16 bits per heavy atom. The van der Waals surface area contributed by atoms with Gasteiger partial charge in [0.1, 0.15) is 10.7 Å². The summed E-state index contributed by atoms with van der Waals surface area (Å²) in [6.07, 6.45) is 1.71. The maximum absolute atomic E-state index is 12.0. The lowest BCUT2D eigenvalue weighted by atomic mass is 10.2. The smallest absolute Gasteiger partial charge is 0.275 e. The van der Waals surface area contributed by atoms with Crippen LogP contribution in [0.5, 0.6) is 0 Å². The second kappa shape index (κ2) is 4.79. The molecule has 19 heavy (non-hydrogen) atoms. The molecule has 2 aromatic heterocycles. The van der Waals surface area contributed by atoms with E-state index in [9.17, 15) is 4.79 Å². The van der Waals surface area contributed by atoms with Crippen LogP contribution in [-0.2, 0) is 6.54 Å². The number of nitrogens with two attached hydrogens (primary N) is 1. The number of hydrogen-bond acceptors (Lipinski definition) is 5. The minimum Gasteiger partial charge on any atom is -0.325 e. The van der Waals surface area contributed by atoms with E-state index in [0.29, 0.717) is 17.9 Å². The number of carbonyl (C=O) groups is 1. The van der Waals surface area contributed by atoms with Crippen LogP contribution in [0.2, 0.25) is 0 Å². The Morgan fingerprint density at radius 2 is 2.37 bits per heavy atom. The molecular formula is C12H11N5OS. The average Bonchev–Trinajstić information content (AvgIpc) is 3.06. The summed E-state index contributed by atoms with van der Waals surface area (Å²) in [6, 6.07) is 5.53. The van der Waals surface area contributed by atoms with Gasteiger partial charge in [0.2, 0.25) is 0 Å². The van der Waals surface area contributed by atoms with Crippen molar-refractivity contribution in [1.29, 1.82) is 0 Å². The number of amides is 1. The van der Waals surface area contributed by atoms with Gasteiger partial charge in [0.15, 0.2) is 0 Å². The van der Waals surface area contributed by atoms with Crippen molar-refractivity contribution in [1.82, 2.24) is 15.2 Å². The van der Waals surface area contributed by atoms with Crippen molar-refractivity contribution >= 4 is 33.8 Å². The van der Waals surface area contributed by atoms with Crippen LogP contribution in [0.3, 0.4) is 0 Å². The van der Waals surface area contributed by atoms with E-state index in [1.807, 2.05) is 18.2 Å². The van der Waals surface area contributed by atoms with Gasteiger partial charge in [-0.1, -0.05) is 0 Å². The van der Waals surface area contributed by atoms with Crippen LogP contribution in [0.1, 0.15) is 15.5 Å². The fourth-order valence-corrected chi connectivity index (χ4v) is 2.38. The summed E-state index contributed by atoms with van der Waals surface area (Å²) in [4.78, 5) is 16.1. The summed E-state index contributed by atoms with van der Waals surface area (Å²) in [7, 11) is 0. The zero-order valence-electron chi connectivity index (χ0n) is 9.88. The van der Waals surface area contributed by atoms with Gasteiger partial charge in [-0.25, -0.2) is 4.98 Å². The van der Waals surface area contributed by atoms with Crippen molar-refractivity contribution in [2.75, 3.05) is 5.32 Å². The van der Waals surface area contributed by atoms with E-state index in [1.54, 1.807) is 11.6 Å². The average molecular weight is 273 g/mol. The number of carbonyl (C=O) groups excluding carboxylic acids is 1. The van der Waals surface area contributed by atoms with Crippen molar-refractivity contribution in [2.45, 2.75) is 6.54 Å². The molecule has 0 atom stereocenters. The van der Waals surface area contributed by atoms with Crippen LogP contribution in [0.25, 0.3) is 10.9 Å². The van der Waals surface area contributed by atoms with Gasteiger partial charge in [0.25, 0.3) is 5.91 Å². The molecule has 6 nitrogen and oxygen atoms in total. The van der Waals surface area contributed by atoms with Gasteiger partial charge in [-0.05, 0) is 18.2 Å².